The van der Waals surface area contributed by atoms with Gasteiger partial charge in [0.05, 0.1) is 0 Å². The molecule has 0 radical (unpaired) electrons. The third-order valence-electron chi connectivity index (χ3n) is 3.65. The molecule has 0 amide bonds. The van der Waals surface area contributed by atoms with Crippen molar-refractivity contribution in [2.75, 3.05) is 5.88 Å². The number of rotatable bonds is 4. The van der Waals surface area contributed by atoms with E-state index in [2.05, 4.69) is 13.8 Å². The summed E-state index contributed by atoms with van der Waals surface area (Å²) in [6.07, 6.45) is 6.81. The summed E-state index contributed by atoms with van der Waals surface area (Å²) in [6, 6.07) is 0. The molecule has 1 aliphatic rings. The highest BCUT2D eigenvalue weighted by atomic mass is 35.5. The summed E-state index contributed by atoms with van der Waals surface area (Å²) >= 11 is 6.03. The molecule has 0 heterocycles. The lowest BCUT2D eigenvalue weighted by molar-refractivity contribution is 0.0957. The molecule has 1 heteroatoms. The van der Waals surface area contributed by atoms with Crippen molar-refractivity contribution in [1.82, 2.24) is 0 Å². The second kappa shape index (κ2) is 3.80. The molecule has 0 aromatic carbocycles. The highest BCUT2D eigenvalue weighted by Gasteiger charge is 2.37. The summed E-state index contributed by atoms with van der Waals surface area (Å²) in [7, 11) is 0. The van der Waals surface area contributed by atoms with E-state index < -0.39 is 0 Å². The van der Waals surface area contributed by atoms with Crippen LogP contribution < -0.4 is 0 Å². The zero-order valence-corrected chi connectivity index (χ0v) is 8.45. The third kappa shape index (κ3) is 1.56. The van der Waals surface area contributed by atoms with Crippen LogP contribution in [0.2, 0.25) is 0 Å². The molecule has 0 nitrogen and oxygen atoms in total. The van der Waals surface area contributed by atoms with E-state index in [4.69, 9.17) is 11.6 Å². The Bertz CT molecular complexity index is 104. The van der Waals surface area contributed by atoms with E-state index in [-0.39, 0.29) is 0 Å². The molecule has 1 fully saturated rings. The summed E-state index contributed by atoms with van der Waals surface area (Å²) in [6.45, 7) is 4.56. The van der Waals surface area contributed by atoms with Crippen LogP contribution in [0.1, 0.15) is 46.0 Å². The third-order valence-corrected chi connectivity index (χ3v) is 4.18. The fraction of sp³-hybridized carbons (Fsp3) is 1.00. The molecule has 0 aliphatic heterocycles. The number of alkyl halides is 1. The van der Waals surface area contributed by atoms with E-state index in [1.54, 1.807) is 0 Å². The first-order valence-electron chi connectivity index (χ1n) is 4.85. The summed E-state index contributed by atoms with van der Waals surface area (Å²) in [4.78, 5) is 0. The van der Waals surface area contributed by atoms with Crippen molar-refractivity contribution >= 4 is 11.6 Å². The molecule has 0 bridgehead atoms. The van der Waals surface area contributed by atoms with Gasteiger partial charge in [0.2, 0.25) is 0 Å². The second-order valence-electron chi connectivity index (χ2n) is 3.83. The van der Waals surface area contributed by atoms with E-state index in [1.165, 1.54) is 32.1 Å². The van der Waals surface area contributed by atoms with E-state index in [9.17, 15) is 0 Å². The van der Waals surface area contributed by atoms with Gasteiger partial charge in [-0.1, -0.05) is 20.3 Å². The van der Waals surface area contributed by atoms with Crippen molar-refractivity contribution in [2.45, 2.75) is 46.0 Å². The van der Waals surface area contributed by atoms with Gasteiger partial charge in [-0.15, -0.1) is 11.6 Å². The summed E-state index contributed by atoms with van der Waals surface area (Å²) < 4.78 is 0. The standard InChI is InChI=1S/C10H19Cl/c1-3-10(4-2,8-11)9-6-5-7-9/h9H,3-8H2,1-2H3. The fourth-order valence-electron chi connectivity index (χ4n) is 2.15. The Morgan fingerprint density at radius 2 is 1.82 bits per heavy atom. The molecule has 0 spiro atoms. The minimum atomic E-state index is 0.486. The quantitative estimate of drug-likeness (QED) is 0.569. The van der Waals surface area contributed by atoms with Crippen molar-refractivity contribution in [3.8, 4) is 0 Å². The van der Waals surface area contributed by atoms with Gasteiger partial charge < -0.3 is 0 Å². The summed E-state index contributed by atoms with van der Waals surface area (Å²) in [5.41, 5.74) is 0.486. The lowest BCUT2D eigenvalue weighted by atomic mass is 9.63. The van der Waals surface area contributed by atoms with Gasteiger partial charge in [0.25, 0.3) is 0 Å². The zero-order chi connectivity index (χ0) is 8.32. The van der Waals surface area contributed by atoms with Crippen LogP contribution in [0.25, 0.3) is 0 Å². The van der Waals surface area contributed by atoms with Crippen molar-refractivity contribution in [1.29, 1.82) is 0 Å². The number of hydrogen-bond acceptors (Lipinski definition) is 0. The van der Waals surface area contributed by atoms with E-state index in [0.29, 0.717) is 5.41 Å². The molecule has 1 aliphatic carbocycles. The Labute approximate surface area is 75.3 Å². The predicted octanol–water partition coefficient (Wildman–Crippen LogP) is 3.83. The van der Waals surface area contributed by atoms with Gasteiger partial charge in [-0.25, -0.2) is 0 Å². The highest BCUT2D eigenvalue weighted by molar-refractivity contribution is 6.18. The van der Waals surface area contributed by atoms with Gasteiger partial charge in [0.1, 0.15) is 0 Å². The minimum absolute atomic E-state index is 0.486. The topological polar surface area (TPSA) is 0 Å². The van der Waals surface area contributed by atoms with E-state index in [0.717, 1.165) is 11.8 Å². The van der Waals surface area contributed by atoms with Gasteiger partial charge >= 0.3 is 0 Å². The maximum absolute atomic E-state index is 6.03. The molecule has 0 aromatic rings. The monoisotopic (exact) mass is 174 g/mol. The molecule has 0 aromatic heterocycles. The minimum Gasteiger partial charge on any atom is -0.126 e. The fourth-order valence-corrected chi connectivity index (χ4v) is 2.74. The average Bonchev–Trinajstić information content (AvgIpc) is 1.97. The lowest BCUT2D eigenvalue weighted by Crippen LogP contribution is -2.35. The van der Waals surface area contributed by atoms with Crippen molar-refractivity contribution in [3.05, 3.63) is 0 Å². The van der Waals surface area contributed by atoms with Crippen LogP contribution in [0.5, 0.6) is 0 Å². The number of hydrogen-bond donors (Lipinski definition) is 0. The zero-order valence-electron chi connectivity index (χ0n) is 7.70. The number of halogens is 1. The van der Waals surface area contributed by atoms with Crippen molar-refractivity contribution in [2.24, 2.45) is 11.3 Å². The highest BCUT2D eigenvalue weighted by Crippen LogP contribution is 2.47. The summed E-state index contributed by atoms with van der Waals surface area (Å²) in [5.74, 6) is 1.81. The molecule has 1 saturated carbocycles. The van der Waals surface area contributed by atoms with Gasteiger partial charge in [-0.2, -0.15) is 0 Å². The van der Waals surface area contributed by atoms with Crippen molar-refractivity contribution in [3.63, 3.8) is 0 Å². The van der Waals surface area contributed by atoms with Crippen molar-refractivity contribution < 1.29 is 0 Å². The van der Waals surface area contributed by atoms with Gasteiger partial charge in [0.15, 0.2) is 0 Å². The molecular weight excluding hydrogens is 156 g/mol. The molecule has 0 unspecified atom stereocenters. The average molecular weight is 175 g/mol. The normalized spacial score (nSPS) is 19.9. The first kappa shape index (κ1) is 9.38. The van der Waals surface area contributed by atoms with Crippen LogP contribution in [-0.4, -0.2) is 5.88 Å². The van der Waals surface area contributed by atoms with Crippen LogP contribution in [0, 0.1) is 11.3 Å². The second-order valence-corrected chi connectivity index (χ2v) is 4.10. The van der Waals surface area contributed by atoms with Crippen LogP contribution in [0.4, 0.5) is 0 Å². The van der Waals surface area contributed by atoms with Gasteiger partial charge in [-0.05, 0) is 37.0 Å². The maximum Gasteiger partial charge on any atom is 0.0282 e. The molecule has 0 atom stereocenters. The van der Waals surface area contributed by atoms with Crippen LogP contribution in [0.3, 0.4) is 0 Å². The SMILES string of the molecule is CCC(CC)(CCl)C1CCC1. The maximum atomic E-state index is 6.03. The molecule has 0 saturated heterocycles. The Morgan fingerprint density at radius 3 is 1.91 bits per heavy atom. The molecule has 1 rings (SSSR count). The molecule has 11 heavy (non-hydrogen) atoms. The molecule has 0 N–H and O–H groups in total. The van der Waals surface area contributed by atoms with Crippen LogP contribution >= 0.6 is 11.6 Å². The Kier molecular flexibility index (Phi) is 3.24. The predicted molar refractivity (Wildman–Crippen MR) is 51.1 cm³/mol. The van der Waals surface area contributed by atoms with Gasteiger partial charge in [-0.3, -0.25) is 0 Å². The smallest absolute Gasteiger partial charge is 0.0282 e. The first-order valence-corrected chi connectivity index (χ1v) is 5.38. The van der Waals surface area contributed by atoms with Gasteiger partial charge in [0, 0.05) is 5.88 Å². The Morgan fingerprint density at radius 1 is 1.27 bits per heavy atom. The molecular formula is C10H19Cl. The van der Waals surface area contributed by atoms with Crippen LogP contribution in [0.15, 0.2) is 0 Å². The molecule has 66 valence electrons. The van der Waals surface area contributed by atoms with E-state index >= 15 is 0 Å². The Balaban J connectivity index is 2.54. The lowest BCUT2D eigenvalue weighted by Gasteiger charge is -2.43. The first-order chi connectivity index (χ1) is 5.29. The van der Waals surface area contributed by atoms with E-state index in [1.807, 2.05) is 0 Å². The summed E-state index contributed by atoms with van der Waals surface area (Å²) in [5, 5.41) is 0. The largest absolute Gasteiger partial charge is 0.126 e. The Hall–Kier alpha value is 0.290. The van der Waals surface area contributed by atoms with Crippen LogP contribution in [-0.2, 0) is 0 Å².